The van der Waals surface area contributed by atoms with Crippen LogP contribution < -0.4 is 4.74 Å². The summed E-state index contributed by atoms with van der Waals surface area (Å²) in [4.78, 5) is 13.1. The molecule has 0 fully saturated rings. The maximum atomic E-state index is 12.1. The van der Waals surface area contributed by atoms with Crippen LogP contribution in [0.1, 0.15) is 15.2 Å². The van der Waals surface area contributed by atoms with Gasteiger partial charge < -0.3 is 4.74 Å². The van der Waals surface area contributed by atoms with E-state index in [9.17, 15) is 4.79 Å². The van der Waals surface area contributed by atoms with Gasteiger partial charge in [0.15, 0.2) is 5.78 Å². The summed E-state index contributed by atoms with van der Waals surface area (Å²) in [6.45, 7) is 0. The molecule has 2 aromatic rings. The molecule has 0 aliphatic rings. The number of allylic oxidation sites excluding steroid dienone is 1. The summed E-state index contributed by atoms with van der Waals surface area (Å²) in [7, 11) is 1.53. The van der Waals surface area contributed by atoms with Gasteiger partial charge in [-0.25, -0.2) is 0 Å². The maximum absolute atomic E-state index is 12.1. The quantitative estimate of drug-likeness (QED) is 0.615. The minimum Gasteiger partial charge on any atom is -0.496 e. The average molecular weight is 279 g/mol. The lowest BCUT2D eigenvalue weighted by Gasteiger charge is -2.05. The van der Waals surface area contributed by atoms with Crippen LogP contribution in [0.2, 0.25) is 5.02 Å². The molecule has 0 spiro atoms. The van der Waals surface area contributed by atoms with E-state index in [0.29, 0.717) is 16.3 Å². The van der Waals surface area contributed by atoms with Crippen LogP contribution in [0.4, 0.5) is 0 Å². The molecule has 92 valence electrons. The molecule has 1 aromatic heterocycles. The molecule has 0 saturated heterocycles. The lowest BCUT2D eigenvalue weighted by molar-refractivity contribution is 0.104. The smallest absolute Gasteiger partial charge is 0.189 e. The predicted octanol–water partition coefficient (Wildman–Crippen LogP) is 4.31. The second kappa shape index (κ2) is 5.85. The highest BCUT2D eigenvalue weighted by atomic mass is 35.5. The number of carbonyl (C=O) groups is 1. The molecular formula is C14H11ClO2S. The molecule has 0 unspecified atom stereocenters. The van der Waals surface area contributed by atoms with Crippen LogP contribution in [-0.4, -0.2) is 12.9 Å². The Kier molecular flexibility index (Phi) is 4.18. The van der Waals surface area contributed by atoms with Crippen LogP contribution in [0.5, 0.6) is 5.75 Å². The Morgan fingerprint density at radius 1 is 1.39 bits per heavy atom. The van der Waals surface area contributed by atoms with Crippen molar-refractivity contribution in [2.45, 2.75) is 0 Å². The molecule has 0 radical (unpaired) electrons. The molecular weight excluding hydrogens is 268 g/mol. The summed E-state index contributed by atoms with van der Waals surface area (Å²) in [5.41, 5.74) is 0.470. The molecule has 2 rings (SSSR count). The zero-order chi connectivity index (χ0) is 13.0. The number of hydrogen-bond donors (Lipinski definition) is 0. The summed E-state index contributed by atoms with van der Waals surface area (Å²) in [5.74, 6) is 0.406. The van der Waals surface area contributed by atoms with E-state index < -0.39 is 0 Å². The van der Waals surface area contributed by atoms with E-state index in [1.807, 2.05) is 17.5 Å². The summed E-state index contributed by atoms with van der Waals surface area (Å²) < 4.78 is 5.15. The fourth-order valence-electron chi connectivity index (χ4n) is 1.51. The average Bonchev–Trinajstić information content (AvgIpc) is 2.89. The van der Waals surface area contributed by atoms with Gasteiger partial charge in [-0.3, -0.25) is 4.79 Å². The monoisotopic (exact) mass is 278 g/mol. The number of carbonyl (C=O) groups excluding carboxylic acids is 1. The van der Waals surface area contributed by atoms with Crippen molar-refractivity contribution >= 4 is 34.8 Å². The second-order valence-electron chi connectivity index (χ2n) is 3.56. The molecule has 0 saturated carbocycles. The summed E-state index contributed by atoms with van der Waals surface area (Å²) in [5, 5.41) is 2.48. The number of rotatable bonds is 4. The first-order chi connectivity index (χ1) is 8.70. The van der Waals surface area contributed by atoms with Crippen molar-refractivity contribution in [1.29, 1.82) is 0 Å². The van der Waals surface area contributed by atoms with Crippen LogP contribution in [0, 0.1) is 0 Å². The molecule has 2 nitrogen and oxygen atoms in total. The number of methoxy groups -OCH3 is 1. The fourth-order valence-corrected chi connectivity index (χ4v) is 2.30. The van der Waals surface area contributed by atoms with Gasteiger partial charge in [0.2, 0.25) is 0 Å². The highest BCUT2D eigenvalue weighted by Gasteiger charge is 2.10. The first-order valence-electron chi connectivity index (χ1n) is 5.30. The van der Waals surface area contributed by atoms with Gasteiger partial charge in [0, 0.05) is 9.90 Å². The van der Waals surface area contributed by atoms with Crippen LogP contribution in [0.15, 0.2) is 41.8 Å². The third-order valence-electron chi connectivity index (χ3n) is 2.37. The third kappa shape index (κ3) is 3.00. The van der Waals surface area contributed by atoms with Crippen molar-refractivity contribution in [3.05, 3.63) is 57.3 Å². The van der Waals surface area contributed by atoms with Crippen molar-refractivity contribution in [1.82, 2.24) is 0 Å². The number of ketones is 1. The second-order valence-corrected chi connectivity index (χ2v) is 4.97. The lowest BCUT2D eigenvalue weighted by atomic mass is 10.1. The molecule has 0 aliphatic carbocycles. The lowest BCUT2D eigenvalue weighted by Crippen LogP contribution is -1.98. The van der Waals surface area contributed by atoms with Gasteiger partial charge in [-0.05, 0) is 41.8 Å². The molecule has 1 aromatic carbocycles. The van der Waals surface area contributed by atoms with E-state index in [1.54, 1.807) is 35.6 Å². The summed E-state index contributed by atoms with van der Waals surface area (Å²) >= 11 is 7.46. The Balaban J connectivity index is 2.26. The van der Waals surface area contributed by atoms with E-state index in [1.165, 1.54) is 13.2 Å². The molecule has 0 bridgehead atoms. The highest BCUT2D eigenvalue weighted by Crippen LogP contribution is 2.23. The van der Waals surface area contributed by atoms with Gasteiger partial charge in [0.25, 0.3) is 0 Å². The van der Waals surface area contributed by atoms with E-state index in [4.69, 9.17) is 16.3 Å². The SMILES string of the molecule is COc1ccc(Cl)cc1C(=O)/C=C/c1cccs1. The highest BCUT2D eigenvalue weighted by molar-refractivity contribution is 7.10. The van der Waals surface area contributed by atoms with Crippen LogP contribution in [0.3, 0.4) is 0 Å². The molecule has 0 N–H and O–H groups in total. The van der Waals surface area contributed by atoms with E-state index in [2.05, 4.69) is 0 Å². The molecule has 18 heavy (non-hydrogen) atoms. The Hall–Kier alpha value is -1.58. The van der Waals surface area contributed by atoms with Crippen molar-refractivity contribution in [3.8, 4) is 5.75 Å². The standard InChI is InChI=1S/C14H11ClO2S/c1-17-14-7-4-10(15)9-12(14)13(16)6-5-11-3-2-8-18-11/h2-9H,1H3/b6-5+. The van der Waals surface area contributed by atoms with Gasteiger partial charge >= 0.3 is 0 Å². The maximum Gasteiger partial charge on any atom is 0.189 e. The largest absolute Gasteiger partial charge is 0.496 e. The Morgan fingerprint density at radius 3 is 2.89 bits per heavy atom. The zero-order valence-electron chi connectivity index (χ0n) is 9.72. The molecule has 1 heterocycles. The van der Waals surface area contributed by atoms with Gasteiger partial charge in [-0.1, -0.05) is 17.7 Å². The topological polar surface area (TPSA) is 26.3 Å². The first kappa shape index (κ1) is 12.9. The number of hydrogen-bond acceptors (Lipinski definition) is 3. The predicted molar refractivity (Wildman–Crippen MR) is 75.7 cm³/mol. The van der Waals surface area contributed by atoms with Crippen LogP contribution in [-0.2, 0) is 0 Å². The Labute approximate surface area is 114 Å². The van der Waals surface area contributed by atoms with Crippen molar-refractivity contribution in [2.75, 3.05) is 7.11 Å². The minimum absolute atomic E-state index is 0.122. The van der Waals surface area contributed by atoms with Gasteiger partial charge in [-0.15, -0.1) is 11.3 Å². The molecule has 0 aliphatic heterocycles. The Bertz CT molecular complexity index is 573. The number of halogens is 1. The number of benzene rings is 1. The van der Waals surface area contributed by atoms with Crippen molar-refractivity contribution in [3.63, 3.8) is 0 Å². The molecule has 0 amide bonds. The van der Waals surface area contributed by atoms with Gasteiger partial charge in [0.1, 0.15) is 5.75 Å². The van der Waals surface area contributed by atoms with E-state index in [-0.39, 0.29) is 5.78 Å². The molecule has 0 atom stereocenters. The van der Waals surface area contributed by atoms with Crippen LogP contribution in [0.25, 0.3) is 6.08 Å². The zero-order valence-corrected chi connectivity index (χ0v) is 11.3. The normalized spacial score (nSPS) is 10.8. The fraction of sp³-hybridized carbons (Fsp3) is 0.0714. The van der Waals surface area contributed by atoms with Crippen molar-refractivity contribution < 1.29 is 9.53 Å². The van der Waals surface area contributed by atoms with E-state index in [0.717, 1.165) is 4.88 Å². The van der Waals surface area contributed by atoms with Gasteiger partial charge in [0.05, 0.1) is 12.7 Å². The van der Waals surface area contributed by atoms with E-state index >= 15 is 0 Å². The first-order valence-corrected chi connectivity index (χ1v) is 6.56. The molecule has 4 heteroatoms. The Morgan fingerprint density at radius 2 is 2.22 bits per heavy atom. The van der Waals surface area contributed by atoms with Crippen LogP contribution >= 0.6 is 22.9 Å². The third-order valence-corrected chi connectivity index (χ3v) is 3.44. The van der Waals surface area contributed by atoms with Crippen molar-refractivity contribution in [2.24, 2.45) is 0 Å². The number of ether oxygens (including phenoxy) is 1. The number of thiophene rings is 1. The summed E-state index contributed by atoms with van der Waals surface area (Å²) in [6.07, 6.45) is 3.31. The minimum atomic E-state index is -0.122. The summed E-state index contributed by atoms with van der Waals surface area (Å²) in [6, 6.07) is 8.88. The van der Waals surface area contributed by atoms with Gasteiger partial charge in [-0.2, -0.15) is 0 Å².